The number of carbonyl (C=O) groups excluding carboxylic acids is 1. The molecule has 4 heterocycles. The molecular formula is C23H26N4O2. The van der Waals surface area contributed by atoms with E-state index in [4.69, 9.17) is 0 Å². The van der Waals surface area contributed by atoms with Crippen molar-refractivity contribution in [1.29, 1.82) is 0 Å². The van der Waals surface area contributed by atoms with Gasteiger partial charge in [0.05, 0.1) is 5.52 Å². The van der Waals surface area contributed by atoms with Gasteiger partial charge >= 0.3 is 0 Å². The number of hydrogen-bond donors (Lipinski definition) is 0. The first-order valence-electron chi connectivity index (χ1n) is 10.6. The summed E-state index contributed by atoms with van der Waals surface area (Å²) in [6.07, 6.45) is 5.00. The molecule has 0 saturated carbocycles. The predicted octanol–water partition coefficient (Wildman–Crippen LogP) is 3.19. The Labute approximate surface area is 169 Å². The van der Waals surface area contributed by atoms with Crippen molar-refractivity contribution in [3.05, 3.63) is 64.7 Å². The monoisotopic (exact) mass is 390 g/mol. The Morgan fingerprint density at radius 2 is 2.00 bits per heavy atom. The maximum Gasteiger partial charge on any atom is 0.250 e. The zero-order valence-electron chi connectivity index (χ0n) is 16.7. The fraction of sp³-hybridized carbons (Fsp3) is 0.435. The van der Waals surface area contributed by atoms with E-state index in [1.165, 1.54) is 0 Å². The van der Waals surface area contributed by atoms with Gasteiger partial charge in [-0.05, 0) is 30.9 Å². The Balaban J connectivity index is 1.41. The van der Waals surface area contributed by atoms with Crippen LogP contribution in [0, 0.1) is 5.92 Å². The first-order valence-corrected chi connectivity index (χ1v) is 10.6. The number of benzene rings is 1. The molecule has 1 saturated heterocycles. The third-order valence-corrected chi connectivity index (χ3v) is 6.49. The SMILES string of the molecule is CCC[C@H]1[C@H]2C[C@H](CN(C(=O)Cn3cc4ccccc4n3)C2)c2cccc(=O)n21. The van der Waals surface area contributed by atoms with Crippen LogP contribution in [-0.2, 0) is 11.3 Å². The quantitative estimate of drug-likeness (QED) is 0.687. The van der Waals surface area contributed by atoms with E-state index >= 15 is 0 Å². The molecule has 5 rings (SSSR count). The van der Waals surface area contributed by atoms with Gasteiger partial charge in [-0.15, -0.1) is 0 Å². The van der Waals surface area contributed by atoms with E-state index in [1.807, 2.05) is 46.0 Å². The zero-order valence-corrected chi connectivity index (χ0v) is 16.7. The summed E-state index contributed by atoms with van der Waals surface area (Å²) in [7, 11) is 0. The molecule has 1 fully saturated rings. The van der Waals surface area contributed by atoms with Gasteiger partial charge in [0.2, 0.25) is 5.91 Å². The van der Waals surface area contributed by atoms with Crippen molar-refractivity contribution >= 4 is 16.8 Å². The molecule has 0 spiro atoms. The van der Waals surface area contributed by atoms with Gasteiger partial charge in [-0.3, -0.25) is 14.3 Å². The van der Waals surface area contributed by atoms with Crippen LogP contribution in [-0.4, -0.2) is 38.2 Å². The number of carbonyl (C=O) groups is 1. The van der Waals surface area contributed by atoms with E-state index in [9.17, 15) is 9.59 Å². The number of hydrogen-bond acceptors (Lipinski definition) is 3. The Bertz CT molecular complexity index is 1080. The lowest BCUT2D eigenvalue weighted by Gasteiger charge is -2.47. The van der Waals surface area contributed by atoms with Crippen molar-refractivity contribution in [1.82, 2.24) is 19.2 Å². The number of fused-ring (bicyclic) bond motifs is 5. The minimum Gasteiger partial charge on any atom is -0.340 e. The molecule has 0 radical (unpaired) electrons. The Kier molecular flexibility index (Phi) is 4.49. The van der Waals surface area contributed by atoms with E-state index in [2.05, 4.69) is 18.1 Å². The van der Waals surface area contributed by atoms with E-state index in [-0.39, 0.29) is 30.0 Å². The highest BCUT2D eigenvalue weighted by Crippen LogP contribution is 2.42. The number of aromatic nitrogens is 3. The molecular weight excluding hydrogens is 364 g/mol. The molecule has 1 amide bonds. The van der Waals surface area contributed by atoms with Crippen LogP contribution >= 0.6 is 0 Å². The van der Waals surface area contributed by atoms with Crippen molar-refractivity contribution in [3.63, 3.8) is 0 Å². The predicted molar refractivity (Wildman–Crippen MR) is 112 cm³/mol. The largest absolute Gasteiger partial charge is 0.340 e. The van der Waals surface area contributed by atoms with E-state index < -0.39 is 0 Å². The third-order valence-electron chi connectivity index (χ3n) is 6.49. The standard InChI is InChI=1S/C23H26N4O2/c1-2-6-20-17-11-18(21-9-5-10-22(28)27(20)21)13-25(12-17)23(29)15-26-14-16-7-3-4-8-19(16)24-26/h3-5,7-10,14,17-18,20H,2,6,11-13,15H2,1H3/t17-,18+,20-/m0/s1. The van der Waals surface area contributed by atoms with Gasteiger partial charge in [0, 0.05) is 48.4 Å². The summed E-state index contributed by atoms with van der Waals surface area (Å²) in [6.45, 7) is 3.82. The molecule has 2 aliphatic rings. The number of piperidine rings is 1. The topological polar surface area (TPSA) is 60.1 Å². The first-order chi connectivity index (χ1) is 14.1. The average molecular weight is 390 g/mol. The average Bonchev–Trinajstić information content (AvgIpc) is 3.13. The van der Waals surface area contributed by atoms with Crippen LogP contribution < -0.4 is 5.56 Å². The lowest BCUT2D eigenvalue weighted by Crippen LogP contribution is -2.51. The number of likely N-dealkylation sites (tertiary alicyclic amines) is 1. The van der Waals surface area contributed by atoms with Crippen molar-refractivity contribution in [2.75, 3.05) is 13.1 Å². The van der Waals surface area contributed by atoms with Crippen molar-refractivity contribution in [3.8, 4) is 0 Å². The molecule has 3 atom stereocenters. The van der Waals surface area contributed by atoms with E-state index in [0.29, 0.717) is 12.5 Å². The second kappa shape index (κ2) is 7.17. The van der Waals surface area contributed by atoms with Crippen LogP contribution in [0.15, 0.2) is 53.5 Å². The minimum atomic E-state index is 0.0960. The van der Waals surface area contributed by atoms with Crippen LogP contribution in [0.4, 0.5) is 0 Å². The molecule has 150 valence electrons. The molecule has 3 aromatic rings. The summed E-state index contributed by atoms with van der Waals surface area (Å²) in [5.41, 5.74) is 2.10. The number of nitrogens with zero attached hydrogens (tertiary/aromatic N) is 4. The van der Waals surface area contributed by atoms with Crippen LogP contribution in [0.3, 0.4) is 0 Å². The van der Waals surface area contributed by atoms with Crippen LogP contribution in [0.1, 0.15) is 43.8 Å². The second-order valence-electron chi connectivity index (χ2n) is 8.39. The van der Waals surface area contributed by atoms with Crippen LogP contribution in [0.5, 0.6) is 0 Å². The fourth-order valence-electron chi connectivity index (χ4n) is 5.25. The number of pyridine rings is 1. The van der Waals surface area contributed by atoms with E-state index in [1.54, 1.807) is 10.7 Å². The molecule has 6 nitrogen and oxygen atoms in total. The van der Waals surface area contributed by atoms with E-state index in [0.717, 1.165) is 42.4 Å². The van der Waals surface area contributed by atoms with Crippen molar-refractivity contribution in [2.45, 2.75) is 44.7 Å². The summed E-state index contributed by atoms with van der Waals surface area (Å²) in [4.78, 5) is 27.7. The van der Waals surface area contributed by atoms with Gasteiger partial charge in [0.15, 0.2) is 0 Å². The van der Waals surface area contributed by atoms with Gasteiger partial charge in [0.25, 0.3) is 5.56 Å². The smallest absolute Gasteiger partial charge is 0.250 e. The molecule has 0 N–H and O–H groups in total. The normalized spacial score (nSPS) is 23.2. The van der Waals surface area contributed by atoms with Crippen molar-refractivity contribution in [2.24, 2.45) is 5.92 Å². The van der Waals surface area contributed by atoms with Crippen LogP contribution in [0.25, 0.3) is 10.9 Å². The summed E-state index contributed by atoms with van der Waals surface area (Å²) < 4.78 is 3.77. The molecule has 1 aromatic carbocycles. The van der Waals surface area contributed by atoms with Crippen molar-refractivity contribution < 1.29 is 4.79 Å². The Hall–Kier alpha value is -2.89. The Morgan fingerprint density at radius 3 is 2.83 bits per heavy atom. The first kappa shape index (κ1) is 18.2. The summed E-state index contributed by atoms with van der Waals surface area (Å²) in [5, 5.41) is 5.58. The van der Waals surface area contributed by atoms with Gasteiger partial charge in [-0.2, -0.15) is 5.10 Å². The Morgan fingerprint density at radius 1 is 1.14 bits per heavy atom. The van der Waals surface area contributed by atoms with Gasteiger partial charge in [-0.25, -0.2) is 0 Å². The molecule has 0 unspecified atom stereocenters. The summed E-state index contributed by atoms with van der Waals surface area (Å²) in [5.74, 6) is 0.674. The second-order valence-corrected chi connectivity index (χ2v) is 8.39. The maximum atomic E-state index is 13.1. The van der Waals surface area contributed by atoms with Gasteiger partial charge in [0.1, 0.15) is 6.54 Å². The van der Waals surface area contributed by atoms with Gasteiger partial charge in [-0.1, -0.05) is 37.6 Å². The number of rotatable bonds is 4. The zero-order chi connectivity index (χ0) is 20.0. The lowest BCUT2D eigenvalue weighted by molar-refractivity contribution is -0.135. The van der Waals surface area contributed by atoms with Crippen LogP contribution in [0.2, 0.25) is 0 Å². The molecule has 2 aromatic heterocycles. The molecule has 2 bridgehead atoms. The highest BCUT2D eigenvalue weighted by atomic mass is 16.2. The highest BCUT2D eigenvalue weighted by molar-refractivity contribution is 5.80. The minimum absolute atomic E-state index is 0.0960. The fourth-order valence-corrected chi connectivity index (χ4v) is 5.25. The summed E-state index contributed by atoms with van der Waals surface area (Å²) >= 11 is 0. The third kappa shape index (κ3) is 3.16. The summed E-state index contributed by atoms with van der Waals surface area (Å²) in [6, 6.07) is 13.7. The molecule has 2 aliphatic heterocycles. The molecule has 29 heavy (non-hydrogen) atoms. The molecule has 0 aliphatic carbocycles. The highest BCUT2D eigenvalue weighted by Gasteiger charge is 2.41. The maximum absolute atomic E-state index is 13.1. The number of amides is 1. The lowest BCUT2D eigenvalue weighted by atomic mass is 9.77. The van der Waals surface area contributed by atoms with Gasteiger partial charge < -0.3 is 9.47 Å². The molecule has 6 heteroatoms.